The number of H-pyrrole nitrogens is 1. The lowest BCUT2D eigenvalue weighted by molar-refractivity contribution is 0.0974. The Kier molecular flexibility index (Phi) is 5.57. The predicted octanol–water partition coefficient (Wildman–Crippen LogP) is 3.04. The largest absolute Gasteiger partial charge is 0.376 e. The highest BCUT2D eigenvalue weighted by molar-refractivity contribution is 5.90. The number of hydrogen-bond donors (Lipinski definition) is 2. The zero-order chi connectivity index (χ0) is 26.7. The lowest BCUT2D eigenvalue weighted by Crippen LogP contribution is -2.50. The van der Waals surface area contributed by atoms with Crippen molar-refractivity contribution in [3.8, 4) is 17.2 Å². The van der Waals surface area contributed by atoms with Crippen LogP contribution in [0.25, 0.3) is 22.3 Å². The van der Waals surface area contributed by atoms with Crippen molar-refractivity contribution in [3.63, 3.8) is 0 Å². The molecule has 3 aromatic heterocycles. The van der Waals surface area contributed by atoms with Crippen LogP contribution in [-0.2, 0) is 18.2 Å². The van der Waals surface area contributed by atoms with Crippen molar-refractivity contribution >= 4 is 28.5 Å². The van der Waals surface area contributed by atoms with Crippen LogP contribution in [0.5, 0.6) is 0 Å². The van der Waals surface area contributed by atoms with Gasteiger partial charge in [0.15, 0.2) is 17.0 Å². The molecule has 7 rings (SSSR count). The van der Waals surface area contributed by atoms with Gasteiger partial charge >= 0.3 is 0 Å². The van der Waals surface area contributed by atoms with Crippen LogP contribution in [0, 0.1) is 16.7 Å². The van der Waals surface area contributed by atoms with Crippen molar-refractivity contribution in [1.82, 2.24) is 29.9 Å². The van der Waals surface area contributed by atoms with Gasteiger partial charge in [0, 0.05) is 61.1 Å². The summed E-state index contributed by atoms with van der Waals surface area (Å²) < 4.78 is 7.65. The van der Waals surface area contributed by atoms with E-state index in [0.717, 1.165) is 91.5 Å². The molecule has 1 spiro atoms. The summed E-state index contributed by atoms with van der Waals surface area (Å²) in [5, 5.41) is 22.0. The van der Waals surface area contributed by atoms with E-state index < -0.39 is 0 Å². The molecular weight excluding hydrogens is 492 g/mol. The van der Waals surface area contributed by atoms with Gasteiger partial charge < -0.3 is 20.3 Å². The molecular formula is C28H32N10O. The molecule has 0 amide bonds. The molecule has 0 unspecified atom stereocenters. The number of nitriles is 1. The number of aromatic nitrogens is 6. The number of aromatic amines is 1. The zero-order valence-corrected chi connectivity index (χ0v) is 22.3. The van der Waals surface area contributed by atoms with Gasteiger partial charge in [-0.3, -0.25) is 9.78 Å². The molecule has 0 aliphatic carbocycles. The zero-order valence-electron chi connectivity index (χ0n) is 22.3. The monoisotopic (exact) mass is 524 g/mol. The fraction of sp³-hybridized carbons (Fsp3) is 0.464. The van der Waals surface area contributed by atoms with Gasteiger partial charge in [-0.1, -0.05) is 0 Å². The third kappa shape index (κ3) is 3.78. The second-order valence-corrected chi connectivity index (χ2v) is 11.1. The van der Waals surface area contributed by atoms with Gasteiger partial charge in [0.1, 0.15) is 5.82 Å². The summed E-state index contributed by atoms with van der Waals surface area (Å²) in [5.41, 5.74) is 12.7. The Labute approximate surface area is 226 Å². The fourth-order valence-electron chi connectivity index (χ4n) is 6.65. The SMILES string of the molecule is C[C@@H]1OCC2(CCN(c3cnc4c(N5CCCc6c5ccc(C#N)c6-c5cnn(C)c5)n[nH]c4n3)CC2)[C@@H]1N. The first-order valence-corrected chi connectivity index (χ1v) is 13.6. The van der Waals surface area contributed by atoms with Crippen molar-refractivity contribution in [3.05, 3.63) is 41.9 Å². The fourth-order valence-corrected chi connectivity index (χ4v) is 6.65. The predicted molar refractivity (Wildman–Crippen MR) is 148 cm³/mol. The maximum atomic E-state index is 9.85. The van der Waals surface area contributed by atoms with Crippen molar-refractivity contribution < 1.29 is 4.74 Å². The third-order valence-electron chi connectivity index (χ3n) is 8.93. The average molecular weight is 525 g/mol. The molecule has 2 fully saturated rings. The minimum Gasteiger partial charge on any atom is -0.376 e. The van der Waals surface area contributed by atoms with Gasteiger partial charge in [0.25, 0.3) is 0 Å². The Morgan fingerprint density at radius 2 is 2.05 bits per heavy atom. The molecule has 200 valence electrons. The number of anilines is 3. The molecule has 1 aromatic carbocycles. The van der Waals surface area contributed by atoms with Crippen LogP contribution in [0.3, 0.4) is 0 Å². The number of nitrogens with one attached hydrogen (secondary N) is 1. The van der Waals surface area contributed by atoms with E-state index in [0.29, 0.717) is 11.2 Å². The van der Waals surface area contributed by atoms with Crippen LogP contribution >= 0.6 is 0 Å². The van der Waals surface area contributed by atoms with Crippen molar-refractivity contribution in [2.45, 2.75) is 44.8 Å². The summed E-state index contributed by atoms with van der Waals surface area (Å²) in [5.74, 6) is 1.61. The number of hydrogen-bond acceptors (Lipinski definition) is 9. The number of nitrogens with zero attached hydrogens (tertiary/aromatic N) is 8. The van der Waals surface area contributed by atoms with Crippen LogP contribution < -0.4 is 15.5 Å². The van der Waals surface area contributed by atoms with Crippen molar-refractivity contribution in [2.75, 3.05) is 36.0 Å². The summed E-state index contributed by atoms with van der Waals surface area (Å²) in [7, 11) is 1.89. The minimum absolute atomic E-state index is 0.0658. The van der Waals surface area contributed by atoms with E-state index in [1.807, 2.05) is 37.8 Å². The first-order chi connectivity index (χ1) is 19.0. The standard InChI is InChI=1S/C28H32N10O/c1-17-25(30)28(16-39-17)7-10-37(11-8-28)22-14-31-24-26(33-22)34-35-27(24)38-9-3-4-20-21(38)6-5-18(12-29)23(20)19-13-32-36(2)15-19/h5-6,13-15,17,25H,3-4,7-11,16,30H2,1-2H3,(H,33,34,35)/t17-,25+/m0/s1. The molecule has 39 heavy (non-hydrogen) atoms. The number of aryl methyl sites for hydroxylation is 1. The van der Waals surface area contributed by atoms with Crippen LogP contribution in [0.2, 0.25) is 0 Å². The molecule has 2 atom stereocenters. The van der Waals surface area contributed by atoms with Crippen molar-refractivity contribution in [2.24, 2.45) is 18.2 Å². The van der Waals surface area contributed by atoms with E-state index in [4.69, 9.17) is 20.4 Å². The first-order valence-electron chi connectivity index (χ1n) is 13.6. The molecule has 6 heterocycles. The Morgan fingerprint density at radius 1 is 1.21 bits per heavy atom. The van der Waals surface area contributed by atoms with Crippen molar-refractivity contribution in [1.29, 1.82) is 5.26 Å². The highest BCUT2D eigenvalue weighted by Crippen LogP contribution is 2.43. The van der Waals surface area contributed by atoms with Gasteiger partial charge in [-0.15, -0.1) is 0 Å². The molecule has 11 nitrogen and oxygen atoms in total. The Balaban J connectivity index is 1.19. The molecule has 0 radical (unpaired) electrons. The molecule has 0 saturated carbocycles. The summed E-state index contributed by atoms with van der Waals surface area (Å²) in [4.78, 5) is 14.2. The molecule has 0 bridgehead atoms. The average Bonchev–Trinajstić information content (AvgIpc) is 3.66. The van der Waals surface area contributed by atoms with Crippen LogP contribution in [0.4, 0.5) is 17.3 Å². The maximum absolute atomic E-state index is 9.85. The van der Waals surface area contributed by atoms with E-state index in [9.17, 15) is 5.26 Å². The molecule has 4 aromatic rings. The Hall–Kier alpha value is -4.01. The summed E-state index contributed by atoms with van der Waals surface area (Å²) in [6.45, 7) is 5.38. The number of ether oxygens (including phenoxy) is 1. The van der Waals surface area contributed by atoms with Gasteiger partial charge in [-0.05, 0) is 50.3 Å². The van der Waals surface area contributed by atoms with Gasteiger partial charge in [0.05, 0.1) is 36.7 Å². The summed E-state index contributed by atoms with van der Waals surface area (Å²) >= 11 is 0. The van der Waals surface area contributed by atoms with Crippen LogP contribution in [-0.4, -0.2) is 68.3 Å². The van der Waals surface area contributed by atoms with Gasteiger partial charge in [0.2, 0.25) is 0 Å². The van der Waals surface area contributed by atoms with Crippen LogP contribution in [0.1, 0.15) is 37.3 Å². The number of piperidine rings is 1. The maximum Gasteiger partial charge on any atom is 0.183 e. The molecule has 11 heteroatoms. The smallest absolute Gasteiger partial charge is 0.183 e. The summed E-state index contributed by atoms with van der Waals surface area (Å²) in [6.07, 6.45) is 9.55. The number of fused-ring (bicyclic) bond motifs is 2. The van der Waals surface area contributed by atoms with Crippen LogP contribution in [0.15, 0.2) is 30.7 Å². The third-order valence-corrected chi connectivity index (χ3v) is 8.93. The normalized spacial score (nSPS) is 22.4. The molecule has 3 aliphatic heterocycles. The second-order valence-electron chi connectivity index (χ2n) is 11.1. The Bertz CT molecular complexity index is 1590. The van der Waals surface area contributed by atoms with Gasteiger partial charge in [-0.2, -0.15) is 15.5 Å². The highest BCUT2D eigenvalue weighted by atomic mass is 16.5. The first kappa shape index (κ1) is 24.1. The minimum atomic E-state index is 0.0658. The van der Waals surface area contributed by atoms with E-state index >= 15 is 0 Å². The number of benzene rings is 1. The van der Waals surface area contributed by atoms with E-state index in [1.165, 1.54) is 0 Å². The summed E-state index contributed by atoms with van der Waals surface area (Å²) in [6, 6.07) is 6.37. The molecule has 3 N–H and O–H groups in total. The number of nitrogens with two attached hydrogens (primary N) is 1. The second kappa shape index (κ2) is 9.03. The lowest BCUT2D eigenvalue weighted by Gasteiger charge is -2.41. The topological polar surface area (TPSA) is 138 Å². The van der Waals surface area contributed by atoms with E-state index in [1.54, 1.807) is 4.68 Å². The van der Waals surface area contributed by atoms with E-state index in [2.05, 4.69) is 38.1 Å². The lowest BCUT2D eigenvalue weighted by atomic mass is 9.73. The molecule has 3 aliphatic rings. The Morgan fingerprint density at radius 3 is 2.77 bits per heavy atom. The highest BCUT2D eigenvalue weighted by Gasteiger charge is 2.47. The quantitative estimate of drug-likeness (QED) is 0.414. The molecule has 2 saturated heterocycles. The van der Waals surface area contributed by atoms with Gasteiger partial charge in [-0.25, -0.2) is 9.97 Å². The number of rotatable bonds is 3. The van der Waals surface area contributed by atoms with E-state index in [-0.39, 0.29) is 17.6 Å².